The zero-order valence-corrected chi connectivity index (χ0v) is 24.9. The first kappa shape index (κ1) is 37.1. The van der Waals surface area contributed by atoms with E-state index in [-0.39, 0.29) is 93.6 Å². The quantitative estimate of drug-likeness (QED) is 0.332. The van der Waals surface area contributed by atoms with E-state index in [1.165, 1.54) is 17.0 Å². The van der Waals surface area contributed by atoms with Crippen molar-refractivity contribution in [3.8, 4) is 5.75 Å². The number of benzene rings is 2. The second-order valence-electron chi connectivity index (χ2n) is 10.4. The van der Waals surface area contributed by atoms with E-state index in [2.05, 4.69) is 0 Å². The van der Waals surface area contributed by atoms with E-state index in [9.17, 15) is 45.0 Å². The van der Waals surface area contributed by atoms with Crippen molar-refractivity contribution < 1.29 is 45.0 Å². The highest BCUT2D eigenvalue weighted by molar-refractivity contribution is 6.32. The second-order valence-corrected chi connectivity index (χ2v) is 10.8. The number of amides is 1. The molecule has 1 N–H and O–H groups in total. The molecule has 2 aromatic rings. The highest BCUT2D eigenvalue weighted by Gasteiger charge is 2.39. The van der Waals surface area contributed by atoms with Gasteiger partial charge in [0.1, 0.15) is 5.75 Å². The molecule has 2 aliphatic heterocycles. The van der Waals surface area contributed by atoms with Crippen molar-refractivity contribution in [1.29, 1.82) is 0 Å². The summed E-state index contributed by atoms with van der Waals surface area (Å²) in [4.78, 5) is 18.6. The average molecular weight is 687 g/mol. The summed E-state index contributed by atoms with van der Waals surface area (Å²) < 4.78 is 108. The van der Waals surface area contributed by atoms with Crippen molar-refractivity contribution in [3.05, 3.63) is 63.7 Å². The highest BCUT2D eigenvalue weighted by atomic mass is 35.5. The number of hydrogen-bond donors (Lipinski definition) is 1. The minimum absolute atomic E-state index is 0. The molecule has 5 nitrogen and oxygen atoms in total. The first-order valence-electron chi connectivity index (χ1n) is 12.9. The summed E-state index contributed by atoms with van der Waals surface area (Å²) in [5.74, 6) is -3.89. The van der Waals surface area contributed by atoms with Crippen molar-refractivity contribution in [3.63, 3.8) is 0 Å². The van der Waals surface area contributed by atoms with Crippen molar-refractivity contribution in [1.82, 2.24) is 14.7 Å². The Morgan fingerprint density at radius 2 is 1.42 bits per heavy atom. The van der Waals surface area contributed by atoms with Crippen LogP contribution in [0.15, 0.2) is 36.4 Å². The minimum Gasteiger partial charge on any atom is -0.506 e. The largest absolute Gasteiger partial charge is 0.506 e. The molecular formula is C27H30Cl3F8N3O2. The molecule has 1 amide bonds. The van der Waals surface area contributed by atoms with Crippen molar-refractivity contribution in [2.75, 3.05) is 45.8 Å². The van der Waals surface area contributed by atoms with Crippen LogP contribution in [0, 0.1) is 0 Å². The van der Waals surface area contributed by atoms with Gasteiger partial charge in [-0.25, -0.2) is 8.78 Å². The minimum atomic E-state index is -5.10. The van der Waals surface area contributed by atoms with Gasteiger partial charge >= 0.3 is 12.4 Å². The lowest BCUT2D eigenvalue weighted by atomic mass is 9.99. The van der Waals surface area contributed by atoms with E-state index in [0.717, 1.165) is 0 Å². The van der Waals surface area contributed by atoms with E-state index in [1.807, 2.05) is 9.80 Å². The number of alkyl halides is 8. The fourth-order valence-electron chi connectivity index (χ4n) is 5.15. The van der Waals surface area contributed by atoms with E-state index in [4.69, 9.17) is 11.6 Å². The maximum Gasteiger partial charge on any atom is 0.416 e. The molecule has 1 atom stereocenters. The third-order valence-corrected chi connectivity index (χ3v) is 7.78. The van der Waals surface area contributed by atoms with Gasteiger partial charge in [-0.1, -0.05) is 17.7 Å². The molecule has 0 unspecified atom stereocenters. The molecule has 16 heteroatoms. The van der Waals surface area contributed by atoms with E-state index in [0.29, 0.717) is 30.8 Å². The Kier molecular flexibility index (Phi) is 12.4. The van der Waals surface area contributed by atoms with E-state index in [1.54, 1.807) is 6.07 Å². The van der Waals surface area contributed by atoms with Gasteiger partial charge in [-0.3, -0.25) is 9.69 Å². The summed E-state index contributed by atoms with van der Waals surface area (Å²) >= 11 is 5.88. The van der Waals surface area contributed by atoms with Crippen molar-refractivity contribution in [2.45, 2.75) is 43.6 Å². The molecule has 2 aromatic carbocycles. The van der Waals surface area contributed by atoms with Gasteiger partial charge in [0.2, 0.25) is 0 Å². The summed E-state index contributed by atoms with van der Waals surface area (Å²) in [5, 5.41) is 10.1. The SMILES string of the molecule is Cl.Cl.O=C(c1cc(C(F)(F)F)cc(C(F)(F)F)c1)N1CCN(CCN2CCC(F)(F)CC2)C[C@H]1Cc1ccc(Cl)c(O)c1. The van der Waals surface area contributed by atoms with Gasteiger partial charge in [0.15, 0.2) is 0 Å². The molecule has 2 fully saturated rings. The number of hydrogen-bond acceptors (Lipinski definition) is 4. The molecule has 242 valence electrons. The van der Waals surface area contributed by atoms with E-state index < -0.39 is 46.9 Å². The number of phenols is 1. The fourth-order valence-corrected chi connectivity index (χ4v) is 5.27. The molecule has 2 heterocycles. The Morgan fingerprint density at radius 3 is 1.95 bits per heavy atom. The number of piperidine rings is 1. The number of halogens is 11. The van der Waals surface area contributed by atoms with Crippen LogP contribution in [0.5, 0.6) is 5.75 Å². The molecule has 0 saturated carbocycles. The lowest BCUT2D eigenvalue weighted by molar-refractivity contribution is -0.143. The van der Waals surface area contributed by atoms with Crippen LogP contribution in [-0.2, 0) is 18.8 Å². The lowest BCUT2D eigenvalue weighted by Crippen LogP contribution is -2.57. The van der Waals surface area contributed by atoms with Crippen LogP contribution in [0.25, 0.3) is 0 Å². The summed E-state index contributed by atoms with van der Waals surface area (Å²) in [6.45, 7) is 1.94. The zero-order valence-electron chi connectivity index (χ0n) is 22.5. The summed E-state index contributed by atoms with van der Waals surface area (Å²) in [7, 11) is 0. The number of aromatic hydroxyl groups is 1. The normalized spacial score (nSPS) is 19.8. The monoisotopic (exact) mass is 685 g/mol. The molecular weight excluding hydrogens is 657 g/mol. The Labute approximate surface area is 260 Å². The van der Waals surface area contributed by atoms with Gasteiger partial charge in [0.25, 0.3) is 11.8 Å². The number of likely N-dealkylation sites (tertiary alicyclic amines) is 1. The second kappa shape index (κ2) is 14.4. The Morgan fingerprint density at radius 1 is 0.860 bits per heavy atom. The van der Waals surface area contributed by atoms with Gasteiger partial charge in [-0.05, 0) is 42.3 Å². The Hall–Kier alpha value is -2.06. The third-order valence-electron chi connectivity index (χ3n) is 7.46. The topological polar surface area (TPSA) is 47.0 Å². The fraction of sp³-hybridized carbons (Fsp3) is 0.519. The molecule has 2 aliphatic rings. The number of rotatable bonds is 6. The van der Waals surface area contributed by atoms with Crippen LogP contribution in [0.3, 0.4) is 0 Å². The van der Waals surface area contributed by atoms with Crippen LogP contribution in [-0.4, -0.2) is 83.5 Å². The van der Waals surface area contributed by atoms with E-state index >= 15 is 0 Å². The maximum absolute atomic E-state index is 13.5. The molecule has 0 spiro atoms. The summed E-state index contributed by atoms with van der Waals surface area (Å²) in [5.41, 5.74) is -3.35. The molecule has 2 saturated heterocycles. The first-order valence-corrected chi connectivity index (χ1v) is 13.3. The number of carbonyl (C=O) groups excluding carboxylic acids is 1. The van der Waals surface area contributed by atoms with Gasteiger partial charge in [-0.2, -0.15) is 26.3 Å². The van der Waals surface area contributed by atoms with Crippen LogP contribution >= 0.6 is 36.4 Å². The van der Waals surface area contributed by atoms with Crippen LogP contribution < -0.4 is 0 Å². The Balaban J connectivity index is 0.00000323. The van der Waals surface area contributed by atoms with Gasteiger partial charge < -0.3 is 14.9 Å². The van der Waals surface area contributed by atoms with Gasteiger partial charge in [0, 0.05) is 70.3 Å². The maximum atomic E-state index is 13.5. The standard InChI is InChI=1S/C27H28ClF8N3O2.2ClH/c28-22-2-1-17(12-23(22)40)11-21-16-38(8-7-37-5-3-25(29,30)4-6-37)9-10-39(21)24(41)18-13-19(26(31,32)33)15-20(14-18)27(34,35)36;;/h1-2,12-15,21,40H,3-11,16H2;2*1H/t21-;;/m1../s1. The van der Waals surface area contributed by atoms with Crippen molar-refractivity contribution >= 4 is 42.3 Å². The number of nitrogens with zero attached hydrogens (tertiary/aromatic N) is 3. The first-order chi connectivity index (χ1) is 19.0. The molecule has 0 aromatic heterocycles. The predicted molar refractivity (Wildman–Crippen MR) is 150 cm³/mol. The molecule has 0 aliphatic carbocycles. The molecule has 43 heavy (non-hydrogen) atoms. The molecule has 4 rings (SSSR count). The highest BCUT2D eigenvalue weighted by Crippen LogP contribution is 2.37. The van der Waals surface area contributed by atoms with Gasteiger partial charge in [0.05, 0.1) is 16.1 Å². The average Bonchev–Trinajstić information content (AvgIpc) is 2.88. The number of carbonyl (C=O) groups is 1. The number of piperazine rings is 1. The summed E-state index contributed by atoms with van der Waals surface area (Å²) in [6, 6.07) is 4.55. The lowest BCUT2D eigenvalue weighted by Gasteiger charge is -2.42. The van der Waals surface area contributed by atoms with Crippen LogP contribution in [0.2, 0.25) is 5.02 Å². The molecule has 0 radical (unpaired) electrons. The zero-order chi connectivity index (χ0) is 30.2. The van der Waals surface area contributed by atoms with Crippen LogP contribution in [0.4, 0.5) is 35.1 Å². The summed E-state index contributed by atoms with van der Waals surface area (Å²) in [6.07, 6.45) is -10.6. The number of phenolic OH excluding ortho intramolecular Hbond substituents is 1. The van der Waals surface area contributed by atoms with Crippen molar-refractivity contribution in [2.24, 2.45) is 0 Å². The molecule has 0 bridgehead atoms. The predicted octanol–water partition coefficient (Wildman–Crippen LogP) is 7.03. The third kappa shape index (κ3) is 9.71. The smallest absolute Gasteiger partial charge is 0.416 e. The van der Waals surface area contributed by atoms with Crippen LogP contribution in [0.1, 0.15) is 39.9 Å². The van der Waals surface area contributed by atoms with Gasteiger partial charge in [-0.15, -0.1) is 24.8 Å². The Bertz CT molecular complexity index is 1220.